The zero-order valence-corrected chi connectivity index (χ0v) is 16.3. The van der Waals surface area contributed by atoms with Crippen LogP contribution in [0.15, 0.2) is 46.8 Å². The van der Waals surface area contributed by atoms with Gasteiger partial charge >= 0.3 is 144 Å². The van der Waals surface area contributed by atoms with Gasteiger partial charge in [0.2, 0.25) is 0 Å². The van der Waals surface area contributed by atoms with Gasteiger partial charge in [-0.25, -0.2) is 0 Å². The second-order valence-electron chi connectivity index (χ2n) is 5.20. The van der Waals surface area contributed by atoms with Gasteiger partial charge in [0, 0.05) is 0 Å². The van der Waals surface area contributed by atoms with Gasteiger partial charge in [-0.05, 0) is 0 Å². The molecule has 0 radical (unpaired) electrons. The Hall–Kier alpha value is -2.02. The van der Waals surface area contributed by atoms with E-state index in [0.717, 1.165) is 11.3 Å². The van der Waals surface area contributed by atoms with Crippen LogP contribution in [0.5, 0.6) is 0 Å². The van der Waals surface area contributed by atoms with Gasteiger partial charge in [-0.15, -0.1) is 0 Å². The molecular formula is C16H14InN3O3. The number of Topliss-reactive ketones (excluding diaryl/α,β-unsaturated/α-hetero) is 1. The van der Waals surface area contributed by atoms with Gasteiger partial charge in [-0.2, -0.15) is 0 Å². The van der Waals surface area contributed by atoms with Crippen LogP contribution < -0.4 is 5.56 Å². The van der Waals surface area contributed by atoms with Gasteiger partial charge in [-0.3, -0.25) is 0 Å². The zero-order valence-electron chi connectivity index (χ0n) is 13.0. The Bertz CT molecular complexity index is 970. The number of hydrogen-bond donors (Lipinski definition) is 1. The summed E-state index contributed by atoms with van der Waals surface area (Å²) in [5.74, 6) is 1.10. The van der Waals surface area contributed by atoms with Crippen molar-refractivity contribution < 1.29 is 9.53 Å². The maximum absolute atomic E-state index is 12.8. The summed E-state index contributed by atoms with van der Waals surface area (Å²) < 4.78 is 11.8. The van der Waals surface area contributed by atoms with Crippen LogP contribution >= 0.6 is 0 Å². The summed E-state index contributed by atoms with van der Waals surface area (Å²) in [4.78, 5) is 31.7. The van der Waals surface area contributed by atoms with E-state index in [9.17, 15) is 9.59 Å². The topological polar surface area (TPSA) is 84.4 Å². The molecule has 2 aromatic rings. The van der Waals surface area contributed by atoms with Crippen LogP contribution in [0.25, 0.3) is 10.9 Å². The second-order valence-corrected chi connectivity index (χ2v) is 7.74. The van der Waals surface area contributed by atoms with Crippen molar-refractivity contribution in [3.63, 3.8) is 0 Å². The molecule has 1 aliphatic rings. The summed E-state index contributed by atoms with van der Waals surface area (Å²) in [5.41, 5.74) is 1.95. The number of ketones is 1. The molecule has 0 saturated heterocycles. The van der Waals surface area contributed by atoms with Gasteiger partial charge in [0.15, 0.2) is 0 Å². The predicted octanol–water partition coefficient (Wildman–Crippen LogP) is 2.08. The van der Waals surface area contributed by atoms with Gasteiger partial charge < -0.3 is 0 Å². The summed E-state index contributed by atoms with van der Waals surface area (Å²) in [7, 11) is 1.59. The number of nitrogens with zero attached hydrogens (tertiary/aromatic N) is 2. The van der Waals surface area contributed by atoms with Crippen molar-refractivity contribution in [2.24, 2.45) is 2.92 Å². The predicted molar refractivity (Wildman–Crippen MR) is 87.4 cm³/mol. The second kappa shape index (κ2) is 6.23. The van der Waals surface area contributed by atoms with Crippen molar-refractivity contribution in [1.82, 2.24) is 9.97 Å². The van der Waals surface area contributed by atoms with Crippen molar-refractivity contribution in [3.8, 4) is 0 Å². The molecule has 3 rings (SSSR count). The third-order valence-corrected chi connectivity index (χ3v) is 6.13. The van der Waals surface area contributed by atoms with Gasteiger partial charge in [0.25, 0.3) is 0 Å². The molecule has 0 fully saturated rings. The van der Waals surface area contributed by atoms with Crippen LogP contribution in [0.3, 0.4) is 0 Å². The average Bonchev–Trinajstić information content (AvgIpc) is 2.54. The number of ether oxygens (including phenoxy) is 1. The molecule has 1 aromatic carbocycles. The summed E-state index contributed by atoms with van der Waals surface area (Å²) in [5, 5.41) is 0.403. The molecule has 0 atom stereocenters. The first-order valence-corrected chi connectivity index (χ1v) is 10.4. The van der Waals surface area contributed by atoms with E-state index in [2.05, 4.69) is 12.9 Å². The summed E-state index contributed by atoms with van der Waals surface area (Å²) in [6, 6.07) is 4.96. The SMILES string of the molecule is COC1=[CH][In]=[N]C(C(=O)c2ccc3nc(C)[nH]c(=O)c3c2)=C1C. The number of allylic oxidation sites excluding steroid dienone is 2. The number of carbonyl (C=O) groups is 1. The summed E-state index contributed by atoms with van der Waals surface area (Å²) in [6.45, 7) is 3.55. The Morgan fingerprint density at radius 2 is 2.09 bits per heavy atom. The van der Waals surface area contributed by atoms with Gasteiger partial charge in [0.1, 0.15) is 0 Å². The normalized spacial score (nSPS) is 13.8. The summed E-state index contributed by atoms with van der Waals surface area (Å²) >= 11 is -1.31. The fourth-order valence-corrected chi connectivity index (χ4v) is 5.52. The fourth-order valence-electron chi connectivity index (χ4n) is 2.50. The van der Waals surface area contributed by atoms with E-state index in [1.165, 1.54) is 0 Å². The van der Waals surface area contributed by atoms with E-state index in [0.29, 0.717) is 28.0 Å². The van der Waals surface area contributed by atoms with Gasteiger partial charge in [0.05, 0.1) is 0 Å². The Morgan fingerprint density at radius 3 is 2.83 bits per heavy atom. The van der Waals surface area contributed by atoms with E-state index in [1.807, 2.05) is 10.8 Å². The number of carbonyl (C=O) groups excluding carboxylic acids is 1. The number of fused-ring (bicyclic) bond motifs is 1. The minimum atomic E-state index is -1.31. The van der Waals surface area contributed by atoms with Crippen molar-refractivity contribution in [2.75, 3.05) is 7.11 Å². The van der Waals surface area contributed by atoms with Crippen LogP contribution in [0.2, 0.25) is 0 Å². The zero-order chi connectivity index (χ0) is 16.6. The quantitative estimate of drug-likeness (QED) is 0.785. The molecule has 2 heterocycles. The molecule has 0 bridgehead atoms. The van der Waals surface area contributed by atoms with Crippen LogP contribution in [0, 0.1) is 6.92 Å². The third-order valence-electron chi connectivity index (χ3n) is 3.68. The Labute approximate surface area is 143 Å². The Kier molecular flexibility index (Phi) is 4.30. The number of aryl methyl sites for hydroxylation is 1. The molecule has 0 aliphatic carbocycles. The Balaban J connectivity index is 2.11. The number of hydrogen-bond acceptors (Lipinski definition) is 5. The first-order valence-electron chi connectivity index (χ1n) is 7.06. The Morgan fingerprint density at radius 1 is 1.30 bits per heavy atom. The minimum absolute atomic E-state index is 0.182. The van der Waals surface area contributed by atoms with E-state index in [-0.39, 0.29) is 11.3 Å². The number of rotatable bonds is 3. The first-order chi connectivity index (χ1) is 11.0. The number of nitrogens with one attached hydrogen (secondary N) is 1. The molecule has 6 nitrogen and oxygen atoms in total. The molecule has 7 heteroatoms. The number of benzene rings is 1. The van der Waals surface area contributed by atoms with E-state index in [4.69, 9.17) is 4.74 Å². The van der Waals surface area contributed by atoms with Crippen LogP contribution in [-0.2, 0) is 4.74 Å². The summed E-state index contributed by atoms with van der Waals surface area (Å²) in [6.07, 6.45) is 0. The van der Waals surface area contributed by atoms with Crippen molar-refractivity contribution in [2.45, 2.75) is 13.8 Å². The standard InChI is InChI=1S/C16H14N3O3.In/c1-8(9(2)22-4)14(17)15(20)11-5-6-13-12(7-11)16(21)19-10(3)18-13;/h2,5-7H,1,3-4H3,(H,18,19,21);. The fraction of sp³-hybridized carbons (Fsp3) is 0.188. The van der Waals surface area contributed by atoms with Crippen LogP contribution in [0.1, 0.15) is 23.1 Å². The number of aromatic nitrogens is 2. The van der Waals surface area contributed by atoms with Crippen LogP contribution in [0.4, 0.5) is 0 Å². The molecule has 114 valence electrons. The molecule has 0 spiro atoms. The molecule has 0 amide bonds. The molecule has 1 aliphatic heterocycles. The molecule has 0 saturated carbocycles. The van der Waals surface area contributed by atoms with Crippen molar-refractivity contribution in [3.05, 3.63) is 60.8 Å². The molecular weight excluding hydrogens is 397 g/mol. The molecule has 23 heavy (non-hydrogen) atoms. The van der Waals surface area contributed by atoms with E-state index < -0.39 is 22.7 Å². The molecule has 1 N–H and O–H groups in total. The number of H-pyrrole nitrogens is 1. The first kappa shape index (κ1) is 15.9. The molecule has 1 aromatic heterocycles. The van der Waals surface area contributed by atoms with Crippen molar-refractivity contribution >= 4 is 39.4 Å². The van der Waals surface area contributed by atoms with Crippen LogP contribution in [-0.4, -0.2) is 45.6 Å². The van der Waals surface area contributed by atoms with Gasteiger partial charge in [-0.1, -0.05) is 0 Å². The van der Waals surface area contributed by atoms with Crippen molar-refractivity contribution in [1.29, 1.82) is 0 Å². The number of aromatic amines is 1. The maximum atomic E-state index is 12.8. The monoisotopic (exact) mass is 411 g/mol. The third kappa shape index (κ3) is 2.93. The van der Waals surface area contributed by atoms with E-state index >= 15 is 0 Å². The van der Waals surface area contributed by atoms with E-state index in [1.54, 1.807) is 32.2 Å². The number of methoxy groups -OCH3 is 1. The average molecular weight is 411 g/mol. The molecule has 0 unspecified atom stereocenters.